The molecule has 16 heavy (non-hydrogen) atoms. The standard InChI is InChI=1S/C11H14BrN3O/c1-7-4-6-13-9(7)11(16)15-10-8(12)3-2-5-14-10/h2-3,5,7,9,13H,4,6H2,1H3,(H,14,15,16). The largest absolute Gasteiger partial charge is 0.308 e. The Labute approximate surface area is 103 Å². The third kappa shape index (κ3) is 2.41. The van der Waals surface area contributed by atoms with E-state index in [-0.39, 0.29) is 11.9 Å². The Bertz CT molecular complexity index is 397. The smallest absolute Gasteiger partial charge is 0.242 e. The van der Waals surface area contributed by atoms with Crippen LogP contribution in [0.2, 0.25) is 0 Å². The lowest BCUT2D eigenvalue weighted by atomic mass is 10.0. The lowest BCUT2D eigenvalue weighted by molar-refractivity contribution is -0.118. The molecule has 2 N–H and O–H groups in total. The van der Waals surface area contributed by atoms with Crippen molar-refractivity contribution in [3.05, 3.63) is 22.8 Å². The Balaban J connectivity index is 2.05. The van der Waals surface area contributed by atoms with Crippen LogP contribution in [0.15, 0.2) is 22.8 Å². The summed E-state index contributed by atoms with van der Waals surface area (Å²) in [6.07, 6.45) is 2.70. The molecule has 2 atom stereocenters. The Kier molecular flexibility index (Phi) is 3.56. The van der Waals surface area contributed by atoms with Crippen molar-refractivity contribution in [2.75, 3.05) is 11.9 Å². The van der Waals surface area contributed by atoms with Crippen LogP contribution in [0.5, 0.6) is 0 Å². The molecule has 1 aromatic heterocycles. The number of halogens is 1. The van der Waals surface area contributed by atoms with Crippen LogP contribution < -0.4 is 10.6 Å². The summed E-state index contributed by atoms with van der Waals surface area (Å²) in [4.78, 5) is 16.1. The Morgan fingerprint density at radius 3 is 3.12 bits per heavy atom. The molecule has 0 saturated carbocycles. The zero-order valence-corrected chi connectivity index (χ0v) is 10.6. The molecule has 2 heterocycles. The van der Waals surface area contributed by atoms with Gasteiger partial charge >= 0.3 is 0 Å². The number of hydrogen-bond acceptors (Lipinski definition) is 3. The second-order valence-corrected chi connectivity index (χ2v) is 4.88. The molecule has 1 fully saturated rings. The maximum absolute atomic E-state index is 11.9. The van der Waals surface area contributed by atoms with E-state index in [1.165, 1.54) is 0 Å². The van der Waals surface area contributed by atoms with Gasteiger partial charge in [-0.3, -0.25) is 4.79 Å². The van der Waals surface area contributed by atoms with Gasteiger partial charge in [0, 0.05) is 6.20 Å². The molecule has 0 bridgehead atoms. The van der Waals surface area contributed by atoms with E-state index in [4.69, 9.17) is 0 Å². The van der Waals surface area contributed by atoms with E-state index in [2.05, 4.69) is 38.5 Å². The fourth-order valence-corrected chi connectivity index (χ4v) is 2.21. The second kappa shape index (κ2) is 4.93. The van der Waals surface area contributed by atoms with Gasteiger partial charge in [-0.2, -0.15) is 0 Å². The predicted molar refractivity (Wildman–Crippen MR) is 66.1 cm³/mol. The molecule has 0 radical (unpaired) electrons. The van der Waals surface area contributed by atoms with Crippen molar-refractivity contribution in [1.82, 2.24) is 10.3 Å². The quantitative estimate of drug-likeness (QED) is 0.870. The van der Waals surface area contributed by atoms with Crippen LogP contribution in [-0.4, -0.2) is 23.5 Å². The minimum Gasteiger partial charge on any atom is -0.308 e. The maximum Gasteiger partial charge on any atom is 0.242 e. The van der Waals surface area contributed by atoms with Crippen molar-refractivity contribution >= 4 is 27.7 Å². The summed E-state index contributed by atoms with van der Waals surface area (Å²) in [5.74, 6) is 0.945. The molecule has 1 aromatic rings. The molecule has 1 aliphatic rings. The number of rotatable bonds is 2. The minimum atomic E-state index is -0.103. The fourth-order valence-electron chi connectivity index (χ4n) is 1.86. The molecule has 0 spiro atoms. The van der Waals surface area contributed by atoms with Gasteiger partial charge in [0.05, 0.1) is 10.5 Å². The van der Waals surface area contributed by atoms with Gasteiger partial charge in [0.1, 0.15) is 5.82 Å². The van der Waals surface area contributed by atoms with Gasteiger partial charge in [-0.15, -0.1) is 0 Å². The van der Waals surface area contributed by atoms with E-state index in [0.717, 1.165) is 17.4 Å². The van der Waals surface area contributed by atoms with Gasteiger partial charge in [0.25, 0.3) is 0 Å². The van der Waals surface area contributed by atoms with Crippen molar-refractivity contribution < 1.29 is 4.79 Å². The van der Waals surface area contributed by atoms with Gasteiger partial charge in [0.2, 0.25) is 5.91 Å². The van der Waals surface area contributed by atoms with Crippen LogP contribution in [0.4, 0.5) is 5.82 Å². The monoisotopic (exact) mass is 283 g/mol. The normalized spacial score (nSPS) is 24.4. The van der Waals surface area contributed by atoms with E-state index in [9.17, 15) is 4.79 Å². The summed E-state index contributed by atoms with van der Waals surface area (Å²) in [6.45, 7) is 2.99. The van der Waals surface area contributed by atoms with E-state index in [0.29, 0.717) is 11.7 Å². The van der Waals surface area contributed by atoms with Crippen LogP contribution in [-0.2, 0) is 4.79 Å². The van der Waals surface area contributed by atoms with Crippen LogP contribution in [0.3, 0.4) is 0 Å². The predicted octanol–water partition coefficient (Wildman–Crippen LogP) is 1.78. The van der Waals surface area contributed by atoms with E-state index in [1.807, 2.05) is 12.1 Å². The minimum absolute atomic E-state index is 0.00981. The van der Waals surface area contributed by atoms with Crippen molar-refractivity contribution in [1.29, 1.82) is 0 Å². The van der Waals surface area contributed by atoms with Crippen molar-refractivity contribution in [2.24, 2.45) is 5.92 Å². The summed E-state index contributed by atoms with van der Waals surface area (Å²) in [7, 11) is 0. The van der Waals surface area contributed by atoms with Crippen molar-refractivity contribution in [3.63, 3.8) is 0 Å². The summed E-state index contributed by atoms with van der Waals surface area (Å²) in [5, 5.41) is 6.01. The molecule has 2 rings (SSSR count). The lowest BCUT2D eigenvalue weighted by Gasteiger charge is -2.15. The summed E-state index contributed by atoms with van der Waals surface area (Å²) in [6, 6.07) is 3.57. The zero-order valence-electron chi connectivity index (χ0n) is 9.03. The topological polar surface area (TPSA) is 54.0 Å². The highest BCUT2D eigenvalue weighted by molar-refractivity contribution is 9.10. The molecule has 0 aliphatic carbocycles. The van der Waals surface area contributed by atoms with E-state index in [1.54, 1.807) is 6.20 Å². The summed E-state index contributed by atoms with van der Waals surface area (Å²) in [5.41, 5.74) is 0. The highest BCUT2D eigenvalue weighted by Crippen LogP contribution is 2.20. The number of aromatic nitrogens is 1. The number of carbonyl (C=O) groups excluding carboxylic acids is 1. The first-order chi connectivity index (χ1) is 7.68. The molecule has 1 saturated heterocycles. The fraction of sp³-hybridized carbons (Fsp3) is 0.455. The van der Waals surface area contributed by atoms with Crippen LogP contribution >= 0.6 is 15.9 Å². The summed E-state index contributed by atoms with van der Waals surface area (Å²) >= 11 is 3.35. The summed E-state index contributed by atoms with van der Waals surface area (Å²) < 4.78 is 0.800. The first-order valence-corrected chi connectivity index (χ1v) is 6.12. The molecule has 4 nitrogen and oxygen atoms in total. The van der Waals surface area contributed by atoms with Crippen molar-refractivity contribution in [3.8, 4) is 0 Å². The Hall–Kier alpha value is -0.940. The molecule has 2 unspecified atom stereocenters. The average molecular weight is 284 g/mol. The van der Waals surface area contributed by atoms with Crippen molar-refractivity contribution in [2.45, 2.75) is 19.4 Å². The number of anilines is 1. The number of amides is 1. The second-order valence-electron chi connectivity index (χ2n) is 4.02. The van der Waals surface area contributed by atoms with Gasteiger partial charge in [0.15, 0.2) is 0 Å². The Morgan fingerprint density at radius 1 is 1.69 bits per heavy atom. The van der Waals surface area contributed by atoms with Gasteiger partial charge in [-0.1, -0.05) is 6.92 Å². The lowest BCUT2D eigenvalue weighted by Crippen LogP contribution is -2.39. The third-order valence-corrected chi connectivity index (χ3v) is 3.46. The SMILES string of the molecule is CC1CCNC1C(=O)Nc1ncccc1Br. The highest BCUT2D eigenvalue weighted by atomic mass is 79.9. The molecule has 1 amide bonds. The van der Waals surface area contributed by atoms with Crippen LogP contribution in [0, 0.1) is 5.92 Å². The molecule has 0 aromatic carbocycles. The molecular weight excluding hydrogens is 270 g/mol. The first kappa shape index (κ1) is 11.5. The molecular formula is C11H14BrN3O. The molecule has 86 valence electrons. The number of nitrogens with one attached hydrogen (secondary N) is 2. The number of nitrogens with zero attached hydrogens (tertiary/aromatic N) is 1. The van der Waals surface area contributed by atoms with Crippen LogP contribution in [0.1, 0.15) is 13.3 Å². The Morgan fingerprint density at radius 2 is 2.50 bits per heavy atom. The maximum atomic E-state index is 11.9. The van der Waals surface area contributed by atoms with Gasteiger partial charge < -0.3 is 10.6 Å². The first-order valence-electron chi connectivity index (χ1n) is 5.33. The highest BCUT2D eigenvalue weighted by Gasteiger charge is 2.29. The number of pyridine rings is 1. The van der Waals surface area contributed by atoms with E-state index < -0.39 is 0 Å². The third-order valence-electron chi connectivity index (χ3n) is 2.82. The van der Waals surface area contributed by atoms with Gasteiger partial charge in [-0.25, -0.2) is 4.98 Å². The molecule has 1 aliphatic heterocycles. The number of carbonyl (C=O) groups is 1. The molecule has 5 heteroatoms. The number of hydrogen-bond donors (Lipinski definition) is 2. The van der Waals surface area contributed by atoms with Gasteiger partial charge in [-0.05, 0) is 46.9 Å². The average Bonchev–Trinajstić information content (AvgIpc) is 2.68. The van der Waals surface area contributed by atoms with E-state index >= 15 is 0 Å². The zero-order chi connectivity index (χ0) is 11.5. The van der Waals surface area contributed by atoms with Crippen LogP contribution in [0.25, 0.3) is 0 Å².